The largest absolute Gasteiger partial charge is 0.493 e. The van der Waals surface area contributed by atoms with Crippen molar-refractivity contribution in [2.45, 2.75) is 37.1 Å². The number of methoxy groups -OCH3 is 3. The molecule has 0 aromatic heterocycles. The van der Waals surface area contributed by atoms with E-state index in [0.29, 0.717) is 17.1 Å². The highest BCUT2D eigenvalue weighted by atomic mass is 32.2. The van der Waals surface area contributed by atoms with Crippen LogP contribution in [-0.2, 0) is 24.8 Å². The van der Waals surface area contributed by atoms with Crippen molar-refractivity contribution in [1.29, 1.82) is 0 Å². The first kappa shape index (κ1) is 26.1. The Kier molecular flexibility index (Phi) is 7.44. The summed E-state index contributed by atoms with van der Waals surface area (Å²) in [7, 11) is 0.235. The molecule has 1 heterocycles. The number of benzene rings is 2. The van der Waals surface area contributed by atoms with Gasteiger partial charge in [-0.3, -0.25) is 0 Å². The summed E-state index contributed by atoms with van der Waals surface area (Å²) in [5.41, 5.74) is 1.25. The molecule has 10 heteroatoms. The second-order valence-electron chi connectivity index (χ2n) is 9.06. The molecule has 0 spiro atoms. The molecule has 0 saturated heterocycles. The van der Waals surface area contributed by atoms with Crippen molar-refractivity contribution in [3.8, 4) is 11.5 Å². The Morgan fingerprint density at radius 3 is 2.14 bits per heavy atom. The molecule has 0 fully saturated rings. The summed E-state index contributed by atoms with van der Waals surface area (Å²) in [4.78, 5) is 25.4. The Balaban J connectivity index is 2.07. The van der Waals surface area contributed by atoms with E-state index in [0.717, 1.165) is 5.56 Å². The fourth-order valence-electron chi connectivity index (χ4n) is 3.80. The summed E-state index contributed by atoms with van der Waals surface area (Å²) >= 11 is 0. The Morgan fingerprint density at radius 1 is 0.971 bits per heavy atom. The lowest BCUT2D eigenvalue weighted by molar-refractivity contribution is -0.136. The van der Waals surface area contributed by atoms with E-state index in [1.165, 1.54) is 33.5 Å². The van der Waals surface area contributed by atoms with Crippen molar-refractivity contribution in [2.75, 3.05) is 27.1 Å². The van der Waals surface area contributed by atoms with Gasteiger partial charge in [0, 0.05) is 5.70 Å². The first-order valence-corrected chi connectivity index (χ1v) is 12.5. The highest BCUT2D eigenvalue weighted by Gasteiger charge is 2.36. The first-order chi connectivity index (χ1) is 16.4. The molecular formula is C25H30N2O7S. The van der Waals surface area contributed by atoms with Crippen LogP contribution in [0.2, 0.25) is 0 Å². The molecule has 1 aliphatic heterocycles. The molecule has 2 N–H and O–H groups in total. The number of hydrogen-bond acceptors (Lipinski definition) is 7. The maximum Gasteiger partial charge on any atom is 0.338 e. The minimum atomic E-state index is -3.90. The Bertz CT molecular complexity index is 1260. The quantitative estimate of drug-likeness (QED) is 0.558. The number of amides is 2. The van der Waals surface area contributed by atoms with Crippen molar-refractivity contribution in [2.24, 2.45) is 0 Å². The molecule has 0 bridgehead atoms. The summed E-state index contributed by atoms with van der Waals surface area (Å²) in [5, 5.41) is 5.15. The summed E-state index contributed by atoms with van der Waals surface area (Å²) < 4.78 is 42.0. The van der Waals surface area contributed by atoms with Gasteiger partial charge in [-0.25, -0.2) is 18.0 Å². The molecule has 188 valence electrons. The maximum atomic E-state index is 13.3. The van der Waals surface area contributed by atoms with Crippen LogP contribution >= 0.6 is 0 Å². The Hall–Kier alpha value is -3.53. The molecule has 0 saturated carbocycles. The molecule has 3 rings (SSSR count). The average molecular weight is 503 g/mol. The minimum Gasteiger partial charge on any atom is -0.493 e. The lowest BCUT2D eigenvalue weighted by Gasteiger charge is -2.29. The molecule has 1 aliphatic rings. The predicted molar refractivity (Wildman–Crippen MR) is 130 cm³/mol. The topological polar surface area (TPSA) is 120 Å². The van der Waals surface area contributed by atoms with E-state index >= 15 is 0 Å². The molecule has 9 nitrogen and oxygen atoms in total. The number of urea groups is 1. The molecule has 2 amide bonds. The molecule has 0 aliphatic carbocycles. The summed E-state index contributed by atoms with van der Waals surface area (Å²) in [6.45, 7) is 6.09. The number of esters is 1. The van der Waals surface area contributed by atoms with Gasteiger partial charge in [0.2, 0.25) is 0 Å². The second kappa shape index (κ2) is 9.99. The van der Waals surface area contributed by atoms with Gasteiger partial charge in [-0.1, -0.05) is 39.0 Å². The third kappa shape index (κ3) is 5.59. The molecular weight excluding hydrogens is 472 g/mol. The lowest BCUT2D eigenvalue weighted by atomic mass is 9.87. The van der Waals surface area contributed by atoms with Crippen molar-refractivity contribution < 1.29 is 32.2 Å². The SMILES string of the molecule is COC(=O)C1=C(CS(=O)(=O)c2ccc(C(C)(C)C)cc2)NC(=O)N[C@@H]1c1ccc(OC)c(OC)c1. The van der Waals surface area contributed by atoms with E-state index < -0.39 is 33.6 Å². The van der Waals surface area contributed by atoms with Crippen LogP contribution in [0.1, 0.15) is 37.9 Å². The standard InChI is InChI=1S/C25H30N2O7S/c1-25(2,3)16-8-10-17(11-9-16)35(30,31)14-18-21(23(28)34-6)22(27-24(29)26-18)15-7-12-19(32-4)20(13-15)33-5/h7-13,22H,14H2,1-6H3,(H2,26,27,29)/t22-/m1/s1. The maximum absolute atomic E-state index is 13.3. The molecule has 0 unspecified atom stereocenters. The van der Waals surface area contributed by atoms with Gasteiger partial charge in [-0.05, 0) is 40.8 Å². The number of hydrogen-bond donors (Lipinski definition) is 2. The van der Waals surface area contributed by atoms with Crippen LogP contribution in [0.5, 0.6) is 11.5 Å². The third-order valence-corrected chi connectivity index (χ3v) is 7.37. The zero-order chi connectivity index (χ0) is 26.0. The van der Waals surface area contributed by atoms with Gasteiger partial charge in [0.1, 0.15) is 0 Å². The first-order valence-electron chi connectivity index (χ1n) is 10.9. The van der Waals surface area contributed by atoms with Crippen LogP contribution < -0.4 is 20.1 Å². The Morgan fingerprint density at radius 2 is 1.60 bits per heavy atom. The van der Waals surface area contributed by atoms with E-state index in [1.54, 1.807) is 30.3 Å². The van der Waals surface area contributed by atoms with E-state index in [1.807, 2.05) is 20.8 Å². The fraction of sp³-hybridized carbons (Fsp3) is 0.360. The van der Waals surface area contributed by atoms with Gasteiger partial charge < -0.3 is 24.8 Å². The molecule has 2 aromatic rings. The highest BCUT2D eigenvalue weighted by Crippen LogP contribution is 2.35. The van der Waals surface area contributed by atoms with E-state index in [2.05, 4.69) is 10.6 Å². The zero-order valence-electron chi connectivity index (χ0n) is 20.6. The van der Waals surface area contributed by atoms with E-state index in [4.69, 9.17) is 14.2 Å². The summed E-state index contributed by atoms with van der Waals surface area (Å²) in [6, 6.07) is 9.85. The van der Waals surface area contributed by atoms with E-state index in [9.17, 15) is 18.0 Å². The summed E-state index contributed by atoms with van der Waals surface area (Å²) in [5.74, 6) is -0.522. The van der Waals surface area contributed by atoms with Crippen LogP contribution in [0.25, 0.3) is 0 Å². The van der Waals surface area contributed by atoms with Crippen molar-refractivity contribution in [1.82, 2.24) is 10.6 Å². The number of carbonyl (C=O) groups is 2. The number of ether oxygens (including phenoxy) is 3. The second-order valence-corrected chi connectivity index (χ2v) is 11.1. The van der Waals surface area contributed by atoms with Gasteiger partial charge in [0.15, 0.2) is 21.3 Å². The molecule has 2 aromatic carbocycles. The molecule has 0 radical (unpaired) electrons. The molecule has 1 atom stereocenters. The normalized spacial score (nSPS) is 16.3. The third-order valence-electron chi connectivity index (χ3n) is 5.71. The summed E-state index contributed by atoms with van der Waals surface area (Å²) in [6.07, 6.45) is 0. The number of carbonyl (C=O) groups excluding carboxylic acids is 2. The van der Waals surface area contributed by atoms with Crippen LogP contribution in [-0.4, -0.2) is 47.5 Å². The fourth-order valence-corrected chi connectivity index (χ4v) is 5.13. The van der Waals surface area contributed by atoms with Crippen molar-refractivity contribution in [3.05, 3.63) is 64.9 Å². The molecule has 35 heavy (non-hydrogen) atoms. The average Bonchev–Trinajstić information content (AvgIpc) is 2.82. The van der Waals surface area contributed by atoms with Crippen LogP contribution in [0, 0.1) is 0 Å². The van der Waals surface area contributed by atoms with Crippen molar-refractivity contribution >= 4 is 21.8 Å². The van der Waals surface area contributed by atoms with Crippen LogP contribution in [0.4, 0.5) is 4.79 Å². The van der Waals surface area contributed by atoms with Crippen LogP contribution in [0.3, 0.4) is 0 Å². The predicted octanol–water partition coefficient (Wildman–Crippen LogP) is 3.26. The van der Waals surface area contributed by atoms with Gasteiger partial charge in [-0.2, -0.15) is 0 Å². The highest BCUT2D eigenvalue weighted by molar-refractivity contribution is 7.91. The number of nitrogens with one attached hydrogen (secondary N) is 2. The van der Waals surface area contributed by atoms with Gasteiger partial charge >= 0.3 is 12.0 Å². The smallest absolute Gasteiger partial charge is 0.338 e. The van der Waals surface area contributed by atoms with E-state index in [-0.39, 0.29) is 21.6 Å². The lowest BCUT2D eigenvalue weighted by Crippen LogP contribution is -2.47. The van der Waals surface area contributed by atoms with Crippen molar-refractivity contribution in [3.63, 3.8) is 0 Å². The Labute approximate surface area is 205 Å². The van der Waals surface area contributed by atoms with Crippen LogP contribution in [0.15, 0.2) is 58.6 Å². The minimum absolute atomic E-state index is 0.0193. The van der Waals surface area contributed by atoms with Gasteiger partial charge in [-0.15, -0.1) is 0 Å². The monoisotopic (exact) mass is 502 g/mol. The number of sulfone groups is 1. The zero-order valence-corrected chi connectivity index (χ0v) is 21.4. The van der Waals surface area contributed by atoms with Gasteiger partial charge in [0.05, 0.1) is 43.6 Å². The van der Waals surface area contributed by atoms with Gasteiger partial charge in [0.25, 0.3) is 0 Å². The number of rotatable bonds is 7.